The molecule has 18 heavy (non-hydrogen) atoms. The smallest absolute Gasteiger partial charge is 0.150 e. The number of rotatable bonds is 2. The third-order valence-electron chi connectivity index (χ3n) is 2.14. The Bertz CT molecular complexity index is 598. The molecule has 7 heteroatoms. The summed E-state index contributed by atoms with van der Waals surface area (Å²) in [5.41, 5.74) is 0.592. The molecule has 0 spiro atoms. The fourth-order valence-electron chi connectivity index (χ4n) is 1.29. The van der Waals surface area contributed by atoms with Gasteiger partial charge in [0.05, 0.1) is 6.20 Å². The van der Waals surface area contributed by atoms with E-state index < -0.39 is 5.82 Å². The molecule has 0 aliphatic heterocycles. The molecule has 0 amide bonds. The number of pyridine rings is 1. The summed E-state index contributed by atoms with van der Waals surface area (Å²) in [6.45, 7) is 0. The molecule has 2 rings (SSSR count). The van der Waals surface area contributed by atoms with Gasteiger partial charge in [0.25, 0.3) is 0 Å². The van der Waals surface area contributed by atoms with E-state index in [1.807, 2.05) is 14.1 Å². The molecule has 0 fully saturated rings. The third-order valence-corrected chi connectivity index (χ3v) is 4.33. The van der Waals surface area contributed by atoms with Crippen molar-refractivity contribution >= 4 is 40.1 Å². The van der Waals surface area contributed by atoms with Crippen molar-refractivity contribution in [3.63, 3.8) is 0 Å². The summed E-state index contributed by atoms with van der Waals surface area (Å²) < 4.78 is 13.1. The average molecular weight is 302 g/mol. The lowest BCUT2D eigenvalue weighted by Crippen LogP contribution is -2.19. The predicted molar refractivity (Wildman–Crippen MR) is 75.7 cm³/mol. The highest BCUT2D eigenvalue weighted by atomic mass is 35.5. The summed E-state index contributed by atoms with van der Waals surface area (Å²) >= 11 is 12.6. The molecule has 0 atom stereocenters. The van der Waals surface area contributed by atoms with E-state index in [1.165, 1.54) is 17.4 Å². The van der Waals surface area contributed by atoms with Crippen LogP contribution in [0.25, 0.3) is 10.6 Å². The average Bonchev–Trinajstić information content (AvgIpc) is 2.70. The third kappa shape index (κ3) is 2.66. The van der Waals surface area contributed by atoms with E-state index in [1.54, 1.807) is 11.1 Å². The first kappa shape index (κ1) is 13.3. The van der Waals surface area contributed by atoms with Gasteiger partial charge in [-0.2, -0.15) is 0 Å². The van der Waals surface area contributed by atoms with Crippen LogP contribution in [-0.2, 0) is 0 Å². The van der Waals surface area contributed by atoms with Crippen LogP contribution in [0.1, 0.15) is 4.88 Å². The zero-order valence-corrected chi connectivity index (χ0v) is 12.0. The number of hydrogen-bond donors (Lipinski definition) is 0. The normalized spacial score (nSPS) is 10.4. The molecule has 3 nitrogen and oxygen atoms in total. The maximum atomic E-state index is 13.1. The van der Waals surface area contributed by atoms with Crippen molar-refractivity contribution in [2.24, 2.45) is 0 Å². The van der Waals surface area contributed by atoms with Crippen LogP contribution in [0, 0.1) is 5.82 Å². The zero-order chi connectivity index (χ0) is 13.3. The second-order valence-electron chi connectivity index (χ2n) is 3.73. The summed E-state index contributed by atoms with van der Waals surface area (Å²) in [7, 11) is 3.67. The van der Waals surface area contributed by atoms with Crippen LogP contribution in [0.15, 0.2) is 18.5 Å². The van der Waals surface area contributed by atoms with E-state index >= 15 is 0 Å². The Morgan fingerprint density at radius 2 is 2.17 bits per heavy atom. The lowest BCUT2D eigenvalue weighted by molar-refractivity contribution is 0.622. The van der Waals surface area contributed by atoms with Crippen molar-refractivity contribution in [3.8, 4) is 10.6 Å². The van der Waals surface area contributed by atoms with Crippen molar-refractivity contribution in [1.29, 1.82) is 0 Å². The van der Waals surface area contributed by atoms with Gasteiger partial charge >= 0.3 is 0 Å². The zero-order valence-electron chi connectivity index (χ0n) is 9.65. The lowest BCUT2D eigenvalue weighted by Gasteiger charge is -2.11. The maximum Gasteiger partial charge on any atom is 0.150 e. The van der Waals surface area contributed by atoms with Gasteiger partial charge in [0.2, 0.25) is 0 Å². The topological polar surface area (TPSA) is 29.0 Å². The van der Waals surface area contributed by atoms with E-state index in [9.17, 15) is 4.39 Å². The summed E-state index contributed by atoms with van der Waals surface area (Å²) in [4.78, 5) is 11.1. The predicted octanol–water partition coefficient (Wildman–Crippen LogP) is 3.23. The summed E-state index contributed by atoms with van der Waals surface area (Å²) in [6.07, 6.45) is 2.69. The quantitative estimate of drug-likeness (QED) is 0.796. The van der Waals surface area contributed by atoms with Crippen LogP contribution in [0.5, 0.6) is 0 Å². The van der Waals surface area contributed by atoms with Gasteiger partial charge in [-0.25, -0.2) is 9.37 Å². The molecule has 94 valence electrons. The number of hydrogen-bond acceptors (Lipinski definition) is 4. The Kier molecular flexibility index (Phi) is 3.89. The molecule has 2 aromatic rings. The van der Waals surface area contributed by atoms with Gasteiger partial charge in [0, 0.05) is 25.9 Å². The van der Waals surface area contributed by atoms with Gasteiger partial charge in [0.15, 0.2) is 5.15 Å². The second kappa shape index (κ2) is 5.26. The molecule has 0 unspecified atom stereocenters. The van der Waals surface area contributed by atoms with E-state index in [0.29, 0.717) is 25.6 Å². The fraction of sp³-hybridized carbons (Fsp3) is 0.182. The first-order chi connectivity index (χ1) is 8.49. The monoisotopic (exact) mass is 301 g/mol. The van der Waals surface area contributed by atoms with Gasteiger partial charge in [0.1, 0.15) is 20.7 Å². The minimum absolute atomic E-state index is 0.331. The molecular formula is C11H9ClFN3S2. The molecule has 0 aliphatic carbocycles. The van der Waals surface area contributed by atoms with Crippen LogP contribution in [-0.4, -0.2) is 34.0 Å². The van der Waals surface area contributed by atoms with Gasteiger partial charge < -0.3 is 4.90 Å². The molecular weight excluding hydrogens is 293 g/mol. The highest BCUT2D eigenvalue weighted by molar-refractivity contribution is 7.81. The molecule has 0 saturated carbocycles. The minimum atomic E-state index is -0.407. The number of aromatic nitrogens is 2. The molecule has 0 radical (unpaired) electrons. The van der Waals surface area contributed by atoms with E-state index in [-0.39, 0.29) is 0 Å². The molecule has 2 aromatic heterocycles. The first-order valence-corrected chi connectivity index (χ1v) is 6.58. The SMILES string of the molecule is CN(C)C(=S)c1sc(-c2cncc(F)c2)nc1Cl. The second-order valence-corrected chi connectivity index (χ2v) is 5.47. The largest absolute Gasteiger partial charge is 0.368 e. The van der Waals surface area contributed by atoms with Crippen LogP contribution >= 0.6 is 35.2 Å². The Morgan fingerprint density at radius 3 is 2.78 bits per heavy atom. The van der Waals surface area contributed by atoms with Crippen molar-refractivity contribution in [1.82, 2.24) is 14.9 Å². The number of thiazole rings is 1. The fourth-order valence-corrected chi connectivity index (χ4v) is 2.87. The molecule has 2 heterocycles. The molecule has 0 saturated heterocycles. The summed E-state index contributed by atoms with van der Waals surface area (Å²) in [6, 6.07) is 1.37. The molecule has 0 bridgehead atoms. The van der Waals surface area contributed by atoms with E-state index in [0.717, 1.165) is 6.20 Å². The van der Waals surface area contributed by atoms with Crippen molar-refractivity contribution in [3.05, 3.63) is 34.3 Å². The summed E-state index contributed by atoms with van der Waals surface area (Å²) in [5.74, 6) is -0.407. The van der Waals surface area contributed by atoms with Crippen molar-refractivity contribution in [2.75, 3.05) is 14.1 Å². The summed E-state index contributed by atoms with van der Waals surface area (Å²) in [5, 5.41) is 0.934. The Hall–Kier alpha value is -1.11. The lowest BCUT2D eigenvalue weighted by atomic mass is 10.3. The van der Waals surface area contributed by atoms with Gasteiger partial charge in [-0.3, -0.25) is 4.98 Å². The van der Waals surface area contributed by atoms with Crippen LogP contribution in [0.2, 0.25) is 5.15 Å². The van der Waals surface area contributed by atoms with Crippen molar-refractivity contribution in [2.45, 2.75) is 0 Å². The number of nitrogens with zero attached hydrogens (tertiary/aromatic N) is 3. The maximum absolute atomic E-state index is 13.1. The van der Waals surface area contributed by atoms with Crippen LogP contribution in [0.4, 0.5) is 4.39 Å². The number of halogens is 2. The first-order valence-electron chi connectivity index (χ1n) is 4.98. The Balaban J connectivity index is 2.43. The van der Waals surface area contributed by atoms with E-state index in [2.05, 4.69) is 9.97 Å². The Morgan fingerprint density at radius 1 is 1.44 bits per heavy atom. The minimum Gasteiger partial charge on any atom is -0.368 e. The standard InChI is InChI=1S/C11H9ClFN3S2/c1-16(2)11(17)8-9(12)15-10(18-8)6-3-7(13)5-14-4-6/h3-5H,1-2H3. The molecule has 0 N–H and O–H groups in total. The van der Waals surface area contributed by atoms with Crippen LogP contribution < -0.4 is 0 Å². The van der Waals surface area contributed by atoms with Gasteiger partial charge in [-0.1, -0.05) is 23.8 Å². The number of thiocarbonyl (C=S) groups is 1. The molecule has 0 aromatic carbocycles. The highest BCUT2D eigenvalue weighted by Gasteiger charge is 2.16. The highest BCUT2D eigenvalue weighted by Crippen LogP contribution is 2.31. The van der Waals surface area contributed by atoms with Gasteiger partial charge in [-0.15, -0.1) is 11.3 Å². The van der Waals surface area contributed by atoms with Crippen LogP contribution in [0.3, 0.4) is 0 Å². The Labute approximate surface area is 118 Å². The van der Waals surface area contributed by atoms with Gasteiger partial charge in [-0.05, 0) is 6.07 Å². The van der Waals surface area contributed by atoms with Crippen molar-refractivity contribution < 1.29 is 4.39 Å². The van der Waals surface area contributed by atoms with E-state index in [4.69, 9.17) is 23.8 Å². The molecule has 0 aliphatic rings.